The van der Waals surface area contributed by atoms with Crippen molar-refractivity contribution in [2.45, 2.75) is 18.6 Å². The van der Waals surface area contributed by atoms with Crippen LogP contribution >= 0.6 is 0 Å². The fourth-order valence-corrected chi connectivity index (χ4v) is 1.70. The molecule has 20 heavy (non-hydrogen) atoms. The number of nitrogens with two attached hydrogens (primary N) is 1. The van der Waals surface area contributed by atoms with Gasteiger partial charge in [0.2, 0.25) is 5.91 Å². The number of amides is 1. The third kappa shape index (κ3) is 5.16. The molecule has 6 nitrogen and oxygen atoms in total. The number of methoxy groups -OCH3 is 2. The molecule has 0 bridgehead atoms. The molecule has 2 unspecified atom stereocenters. The molecule has 0 heterocycles. The van der Waals surface area contributed by atoms with Crippen LogP contribution in [0.4, 0.5) is 0 Å². The highest BCUT2D eigenvalue weighted by molar-refractivity contribution is 5.76. The number of rotatable bonds is 8. The van der Waals surface area contributed by atoms with Crippen molar-refractivity contribution in [3.05, 3.63) is 29.8 Å². The van der Waals surface area contributed by atoms with Crippen LogP contribution in [-0.2, 0) is 9.53 Å². The summed E-state index contributed by atoms with van der Waals surface area (Å²) in [4.78, 5) is 11.6. The highest BCUT2D eigenvalue weighted by Gasteiger charge is 2.13. The van der Waals surface area contributed by atoms with Gasteiger partial charge in [-0.3, -0.25) is 4.79 Å². The molecule has 0 radical (unpaired) electrons. The quantitative estimate of drug-likeness (QED) is 0.633. The Bertz CT molecular complexity index is 404. The third-order valence-electron chi connectivity index (χ3n) is 3.00. The summed E-state index contributed by atoms with van der Waals surface area (Å²) in [5.74, 6) is 0.519. The number of carbonyl (C=O) groups excluding carboxylic acids is 1. The maximum atomic E-state index is 11.6. The van der Waals surface area contributed by atoms with E-state index < -0.39 is 6.10 Å². The highest BCUT2D eigenvalue weighted by Crippen LogP contribution is 2.16. The Morgan fingerprint density at radius 1 is 1.35 bits per heavy atom. The van der Waals surface area contributed by atoms with Crippen molar-refractivity contribution in [1.29, 1.82) is 0 Å². The van der Waals surface area contributed by atoms with Gasteiger partial charge in [0.15, 0.2) is 0 Å². The van der Waals surface area contributed by atoms with Crippen molar-refractivity contribution in [2.24, 2.45) is 5.73 Å². The summed E-state index contributed by atoms with van der Waals surface area (Å²) in [7, 11) is 3.09. The van der Waals surface area contributed by atoms with Gasteiger partial charge in [-0.1, -0.05) is 12.1 Å². The number of nitrogens with one attached hydrogen (secondary N) is 1. The van der Waals surface area contributed by atoms with E-state index in [1.165, 1.54) is 7.11 Å². The van der Waals surface area contributed by atoms with Crippen molar-refractivity contribution in [2.75, 3.05) is 27.3 Å². The SMILES string of the molecule is COc1ccc(C(O)CNC(=O)CC(CN)OC)cc1. The summed E-state index contributed by atoms with van der Waals surface area (Å²) < 4.78 is 10.1. The topological polar surface area (TPSA) is 93.8 Å². The number of aliphatic hydroxyl groups is 1. The van der Waals surface area contributed by atoms with E-state index in [0.29, 0.717) is 5.56 Å². The van der Waals surface area contributed by atoms with Gasteiger partial charge in [-0.2, -0.15) is 0 Å². The van der Waals surface area contributed by atoms with Gasteiger partial charge in [-0.15, -0.1) is 0 Å². The monoisotopic (exact) mass is 282 g/mol. The molecule has 2 atom stereocenters. The Morgan fingerprint density at radius 2 is 2.00 bits per heavy atom. The van der Waals surface area contributed by atoms with E-state index in [0.717, 1.165) is 5.75 Å². The smallest absolute Gasteiger partial charge is 0.222 e. The molecule has 4 N–H and O–H groups in total. The molecule has 1 rings (SSSR count). The molecule has 0 spiro atoms. The Kier molecular flexibility index (Phi) is 7.00. The zero-order chi connectivity index (χ0) is 15.0. The predicted octanol–water partition coefficient (Wildman–Crippen LogP) is 0.209. The standard InChI is InChI=1S/C14H22N2O4/c1-19-11-5-3-10(4-6-11)13(17)9-16-14(18)7-12(8-15)20-2/h3-6,12-13,17H,7-9,15H2,1-2H3,(H,16,18). The summed E-state index contributed by atoms with van der Waals surface area (Å²) in [6.45, 7) is 0.428. The van der Waals surface area contributed by atoms with Crippen LogP contribution in [-0.4, -0.2) is 44.4 Å². The number of benzene rings is 1. The van der Waals surface area contributed by atoms with Gasteiger partial charge >= 0.3 is 0 Å². The highest BCUT2D eigenvalue weighted by atomic mass is 16.5. The van der Waals surface area contributed by atoms with Crippen molar-refractivity contribution in [3.8, 4) is 5.75 Å². The summed E-state index contributed by atoms with van der Waals surface area (Å²) in [5.41, 5.74) is 6.16. The minimum absolute atomic E-state index is 0.145. The number of carbonyl (C=O) groups is 1. The van der Waals surface area contributed by atoms with Gasteiger partial charge in [-0.25, -0.2) is 0 Å². The molecule has 0 aliphatic rings. The van der Waals surface area contributed by atoms with Gasteiger partial charge in [0.05, 0.1) is 25.7 Å². The first-order valence-electron chi connectivity index (χ1n) is 6.42. The first kappa shape index (κ1) is 16.4. The molecule has 1 aromatic rings. The third-order valence-corrected chi connectivity index (χ3v) is 3.00. The molecule has 6 heteroatoms. The van der Waals surface area contributed by atoms with E-state index in [4.69, 9.17) is 15.2 Å². The second kappa shape index (κ2) is 8.52. The van der Waals surface area contributed by atoms with Crippen LogP contribution in [0, 0.1) is 0 Å². The van der Waals surface area contributed by atoms with Crippen molar-refractivity contribution >= 4 is 5.91 Å². The molecule has 0 saturated carbocycles. The maximum absolute atomic E-state index is 11.6. The van der Waals surface area contributed by atoms with Gasteiger partial charge in [0, 0.05) is 20.2 Å². The van der Waals surface area contributed by atoms with Crippen LogP contribution in [0.2, 0.25) is 0 Å². The molecule has 1 amide bonds. The van der Waals surface area contributed by atoms with Gasteiger partial charge in [0.25, 0.3) is 0 Å². The lowest BCUT2D eigenvalue weighted by atomic mass is 10.1. The largest absolute Gasteiger partial charge is 0.497 e. The first-order chi connectivity index (χ1) is 9.60. The Balaban J connectivity index is 2.41. The fourth-order valence-electron chi connectivity index (χ4n) is 1.70. The van der Waals surface area contributed by atoms with Gasteiger partial charge in [-0.05, 0) is 17.7 Å². The average Bonchev–Trinajstić information content (AvgIpc) is 2.50. The van der Waals surface area contributed by atoms with E-state index in [-0.39, 0.29) is 31.5 Å². The number of ether oxygens (including phenoxy) is 2. The van der Waals surface area contributed by atoms with Crippen LogP contribution in [0.15, 0.2) is 24.3 Å². The maximum Gasteiger partial charge on any atom is 0.222 e. The lowest BCUT2D eigenvalue weighted by Gasteiger charge is -2.15. The number of aliphatic hydroxyl groups excluding tert-OH is 1. The van der Waals surface area contributed by atoms with Crippen LogP contribution in [0.5, 0.6) is 5.75 Å². The molecule has 112 valence electrons. The summed E-state index contributed by atoms with van der Waals surface area (Å²) in [5, 5.41) is 12.6. The Morgan fingerprint density at radius 3 is 2.50 bits per heavy atom. The number of hydrogen-bond acceptors (Lipinski definition) is 5. The second-order valence-corrected chi connectivity index (χ2v) is 4.39. The van der Waals surface area contributed by atoms with E-state index >= 15 is 0 Å². The Labute approximate surface area is 118 Å². The molecular formula is C14H22N2O4. The van der Waals surface area contributed by atoms with Crippen molar-refractivity contribution < 1.29 is 19.4 Å². The zero-order valence-corrected chi connectivity index (χ0v) is 11.8. The van der Waals surface area contributed by atoms with Crippen molar-refractivity contribution in [1.82, 2.24) is 5.32 Å². The van der Waals surface area contributed by atoms with Crippen molar-refractivity contribution in [3.63, 3.8) is 0 Å². The van der Waals surface area contributed by atoms with E-state index in [1.807, 2.05) is 0 Å². The fraction of sp³-hybridized carbons (Fsp3) is 0.500. The summed E-state index contributed by atoms with van der Waals surface area (Å²) in [6.07, 6.45) is -0.876. The molecule has 0 aliphatic heterocycles. The van der Waals surface area contributed by atoms with Crippen LogP contribution < -0.4 is 15.8 Å². The van der Waals surface area contributed by atoms with Gasteiger partial charge < -0.3 is 25.6 Å². The average molecular weight is 282 g/mol. The van der Waals surface area contributed by atoms with E-state index in [9.17, 15) is 9.90 Å². The minimum atomic E-state index is -0.760. The normalized spacial score (nSPS) is 13.6. The van der Waals surface area contributed by atoms with Crippen LogP contribution in [0.3, 0.4) is 0 Å². The lowest BCUT2D eigenvalue weighted by molar-refractivity contribution is -0.123. The van der Waals surface area contributed by atoms with Gasteiger partial charge in [0.1, 0.15) is 5.75 Å². The summed E-state index contributed by atoms with van der Waals surface area (Å²) >= 11 is 0. The molecule has 0 aliphatic carbocycles. The summed E-state index contributed by atoms with van der Waals surface area (Å²) in [6, 6.07) is 7.03. The first-order valence-corrected chi connectivity index (χ1v) is 6.42. The molecule has 1 aromatic carbocycles. The van der Waals surface area contributed by atoms with Crippen LogP contribution in [0.25, 0.3) is 0 Å². The lowest BCUT2D eigenvalue weighted by Crippen LogP contribution is -2.34. The van der Waals surface area contributed by atoms with Crippen LogP contribution in [0.1, 0.15) is 18.1 Å². The predicted molar refractivity (Wildman–Crippen MR) is 75.4 cm³/mol. The molecular weight excluding hydrogens is 260 g/mol. The molecule has 0 saturated heterocycles. The molecule has 0 aromatic heterocycles. The second-order valence-electron chi connectivity index (χ2n) is 4.39. The van der Waals surface area contributed by atoms with E-state index in [1.54, 1.807) is 31.4 Å². The van der Waals surface area contributed by atoms with E-state index in [2.05, 4.69) is 5.32 Å². The number of hydrogen-bond donors (Lipinski definition) is 3. The zero-order valence-electron chi connectivity index (χ0n) is 11.8. The molecule has 0 fully saturated rings. The Hall–Kier alpha value is -1.63. The minimum Gasteiger partial charge on any atom is -0.497 e.